The molecule has 1 aromatic heterocycles. The maximum Gasteiger partial charge on any atom is 0.222 e. The number of aryl methyl sites for hydroxylation is 1. The fourth-order valence-electron chi connectivity index (χ4n) is 5.82. The number of nitrogens with zero attached hydrogens (tertiary/aromatic N) is 4. The smallest absolute Gasteiger partial charge is 0.222 e. The summed E-state index contributed by atoms with van der Waals surface area (Å²) in [5.41, 5.74) is 8.64. The van der Waals surface area contributed by atoms with Gasteiger partial charge in [-0.2, -0.15) is 4.98 Å². The van der Waals surface area contributed by atoms with Crippen molar-refractivity contribution < 1.29 is 9.47 Å². The average molecular weight is 448 g/mol. The van der Waals surface area contributed by atoms with Gasteiger partial charge in [-0.15, -0.1) is 11.6 Å². The van der Waals surface area contributed by atoms with Crippen LogP contribution in [0.4, 0.5) is 11.8 Å². The monoisotopic (exact) mass is 447 g/mol. The quantitative estimate of drug-likeness (QED) is 0.713. The van der Waals surface area contributed by atoms with E-state index in [0.29, 0.717) is 23.9 Å². The number of anilines is 2. The van der Waals surface area contributed by atoms with Crippen molar-refractivity contribution in [2.24, 2.45) is 11.3 Å². The highest BCUT2D eigenvalue weighted by molar-refractivity contribution is 6.21. The summed E-state index contributed by atoms with van der Waals surface area (Å²) in [5, 5.41) is 0.0749. The highest BCUT2D eigenvalue weighted by atomic mass is 35.5. The van der Waals surface area contributed by atoms with Crippen molar-refractivity contribution in [2.75, 3.05) is 56.7 Å². The second-order valence-electron chi connectivity index (χ2n) is 9.70. The summed E-state index contributed by atoms with van der Waals surface area (Å²) < 4.78 is 11.7. The van der Waals surface area contributed by atoms with E-state index in [-0.39, 0.29) is 11.4 Å². The minimum absolute atomic E-state index is 0.0749. The van der Waals surface area contributed by atoms with Crippen molar-refractivity contribution in [1.29, 1.82) is 0 Å². The first-order valence-electron chi connectivity index (χ1n) is 11.6. The third-order valence-corrected chi connectivity index (χ3v) is 8.02. The van der Waals surface area contributed by atoms with Crippen molar-refractivity contribution in [3.8, 4) is 0 Å². The first kappa shape index (κ1) is 21.3. The van der Waals surface area contributed by atoms with Gasteiger partial charge < -0.3 is 25.0 Å². The van der Waals surface area contributed by atoms with E-state index in [0.717, 1.165) is 70.2 Å². The second-order valence-corrected chi connectivity index (χ2v) is 10.3. The second kappa shape index (κ2) is 8.75. The van der Waals surface area contributed by atoms with Crippen molar-refractivity contribution >= 4 is 23.4 Å². The molecule has 0 radical (unpaired) electrons. The van der Waals surface area contributed by atoms with E-state index < -0.39 is 0 Å². The Kier molecular flexibility index (Phi) is 6.01. The van der Waals surface area contributed by atoms with Crippen LogP contribution in [-0.2, 0) is 9.47 Å². The van der Waals surface area contributed by atoms with Crippen LogP contribution in [0.3, 0.4) is 0 Å². The van der Waals surface area contributed by atoms with Crippen LogP contribution in [0.2, 0.25) is 0 Å². The van der Waals surface area contributed by atoms with Crippen LogP contribution in [0.15, 0.2) is 17.8 Å². The van der Waals surface area contributed by atoms with Crippen LogP contribution in [0.25, 0.3) is 0 Å². The Hall–Kier alpha value is -1.57. The summed E-state index contributed by atoms with van der Waals surface area (Å²) in [7, 11) is 0. The summed E-state index contributed by atoms with van der Waals surface area (Å²) >= 11 is 7.08. The molecule has 3 saturated heterocycles. The molecule has 1 aromatic rings. The lowest BCUT2D eigenvalue weighted by Gasteiger charge is -2.41. The SMILES string of the molecule is Cc1cc(N2CCCOC[C@@H]2C2CC=C(N3CC[C@@]4(CCOC4)C3)CC2Cl)nc(N)n1. The molecule has 3 aliphatic heterocycles. The van der Waals surface area contributed by atoms with Crippen LogP contribution >= 0.6 is 11.6 Å². The Morgan fingerprint density at radius 1 is 1.19 bits per heavy atom. The van der Waals surface area contributed by atoms with Crippen molar-refractivity contribution in [3.05, 3.63) is 23.5 Å². The molecule has 0 bridgehead atoms. The fraction of sp³-hybridized carbons (Fsp3) is 0.739. The van der Waals surface area contributed by atoms with Gasteiger partial charge in [0.2, 0.25) is 5.95 Å². The Balaban J connectivity index is 1.33. The van der Waals surface area contributed by atoms with Gasteiger partial charge in [-0.25, -0.2) is 4.98 Å². The van der Waals surface area contributed by atoms with E-state index in [4.69, 9.17) is 26.8 Å². The van der Waals surface area contributed by atoms with Gasteiger partial charge in [0.15, 0.2) is 0 Å². The predicted octanol–water partition coefficient (Wildman–Crippen LogP) is 2.98. The largest absolute Gasteiger partial charge is 0.381 e. The molecule has 1 spiro atoms. The van der Waals surface area contributed by atoms with E-state index in [1.54, 1.807) is 0 Å². The van der Waals surface area contributed by atoms with Gasteiger partial charge in [0.1, 0.15) is 5.82 Å². The van der Waals surface area contributed by atoms with Gasteiger partial charge in [0, 0.05) is 73.4 Å². The van der Waals surface area contributed by atoms with Gasteiger partial charge in [-0.05, 0) is 32.6 Å². The summed E-state index contributed by atoms with van der Waals surface area (Å²) in [4.78, 5) is 13.7. The number of rotatable bonds is 3. The first-order chi connectivity index (χ1) is 15.0. The van der Waals surface area contributed by atoms with Crippen LogP contribution in [0, 0.1) is 18.3 Å². The van der Waals surface area contributed by atoms with Crippen LogP contribution in [0.1, 0.15) is 37.8 Å². The molecule has 0 amide bonds. The molecule has 5 rings (SSSR count). The Morgan fingerprint density at radius 2 is 2.10 bits per heavy atom. The molecule has 0 saturated carbocycles. The van der Waals surface area contributed by atoms with Gasteiger partial charge >= 0.3 is 0 Å². The summed E-state index contributed by atoms with van der Waals surface area (Å²) in [6.07, 6.45) is 7.71. The molecule has 2 N–H and O–H groups in total. The number of halogens is 1. The number of hydrogen-bond donors (Lipinski definition) is 1. The molecule has 31 heavy (non-hydrogen) atoms. The maximum absolute atomic E-state index is 7.08. The van der Waals surface area contributed by atoms with Crippen LogP contribution in [0.5, 0.6) is 0 Å². The first-order valence-corrected chi connectivity index (χ1v) is 12.1. The zero-order chi connectivity index (χ0) is 21.4. The average Bonchev–Trinajstić information content (AvgIpc) is 3.30. The Bertz CT molecular complexity index is 808. The normalized spacial score (nSPS) is 34.3. The van der Waals surface area contributed by atoms with Gasteiger partial charge in [0.25, 0.3) is 0 Å². The van der Waals surface area contributed by atoms with E-state index in [1.807, 2.05) is 13.0 Å². The molecule has 170 valence electrons. The number of nitrogens with two attached hydrogens (primary N) is 1. The highest BCUT2D eigenvalue weighted by Crippen LogP contribution is 2.43. The molecule has 4 aliphatic rings. The molecule has 4 heterocycles. The van der Waals surface area contributed by atoms with Gasteiger partial charge in [-0.1, -0.05) is 6.08 Å². The predicted molar refractivity (Wildman–Crippen MR) is 122 cm³/mol. The van der Waals surface area contributed by atoms with E-state index in [2.05, 4.69) is 25.8 Å². The third kappa shape index (κ3) is 4.37. The molecule has 1 aliphatic carbocycles. The number of alkyl halides is 1. The lowest BCUT2D eigenvalue weighted by atomic mass is 9.84. The molecule has 7 nitrogen and oxygen atoms in total. The van der Waals surface area contributed by atoms with Crippen molar-refractivity contribution in [3.63, 3.8) is 0 Å². The Labute approximate surface area is 189 Å². The lowest BCUT2D eigenvalue weighted by molar-refractivity contribution is 0.116. The number of allylic oxidation sites excluding steroid dienone is 2. The van der Waals surface area contributed by atoms with E-state index in [9.17, 15) is 0 Å². The number of hydrogen-bond acceptors (Lipinski definition) is 7. The number of ether oxygens (including phenoxy) is 2. The van der Waals surface area contributed by atoms with E-state index >= 15 is 0 Å². The van der Waals surface area contributed by atoms with E-state index in [1.165, 1.54) is 18.5 Å². The van der Waals surface area contributed by atoms with Gasteiger partial charge in [-0.3, -0.25) is 0 Å². The summed E-state index contributed by atoms with van der Waals surface area (Å²) in [6.45, 7) is 8.37. The Morgan fingerprint density at radius 3 is 2.87 bits per heavy atom. The molecule has 0 aromatic carbocycles. The molecule has 8 heteroatoms. The topological polar surface area (TPSA) is 76.7 Å². The maximum atomic E-state index is 7.08. The third-order valence-electron chi connectivity index (χ3n) is 7.55. The lowest BCUT2D eigenvalue weighted by Crippen LogP contribution is -2.48. The number of nitrogen functional groups attached to an aromatic ring is 1. The summed E-state index contributed by atoms with van der Waals surface area (Å²) in [5.74, 6) is 1.53. The van der Waals surface area contributed by atoms with Crippen LogP contribution in [-0.4, -0.2) is 72.3 Å². The minimum atomic E-state index is 0.0749. The fourth-order valence-corrected chi connectivity index (χ4v) is 6.25. The summed E-state index contributed by atoms with van der Waals surface area (Å²) in [6, 6.07) is 2.21. The van der Waals surface area contributed by atoms with Crippen molar-refractivity contribution in [1.82, 2.24) is 14.9 Å². The number of likely N-dealkylation sites (tertiary alicyclic amines) is 1. The standard InChI is InChI=1S/C23H34ClN5O2/c1-16-11-21(27-22(25)26-16)29-7-2-9-30-13-20(29)18-4-3-17(12-19(18)24)28-8-5-23(14-28)6-10-31-15-23/h3,11,18-20H,2,4-10,12-15H2,1H3,(H2,25,26,27)/t18?,19?,20-,23-/m1/s1. The zero-order valence-electron chi connectivity index (χ0n) is 18.4. The number of aromatic nitrogens is 2. The molecule has 4 atom stereocenters. The van der Waals surface area contributed by atoms with Crippen molar-refractivity contribution in [2.45, 2.75) is 50.4 Å². The molecule has 2 unspecified atom stereocenters. The minimum Gasteiger partial charge on any atom is -0.381 e. The molecular weight excluding hydrogens is 414 g/mol. The zero-order valence-corrected chi connectivity index (χ0v) is 19.2. The van der Waals surface area contributed by atoms with Crippen LogP contribution < -0.4 is 10.6 Å². The van der Waals surface area contributed by atoms with Gasteiger partial charge in [0.05, 0.1) is 19.3 Å². The molecular formula is C23H34ClN5O2. The molecule has 3 fully saturated rings. The highest BCUT2D eigenvalue weighted by Gasteiger charge is 2.43.